The molecule has 2 heterocycles. The zero-order chi connectivity index (χ0) is 17.0. The fourth-order valence-corrected chi connectivity index (χ4v) is 4.24. The minimum atomic E-state index is -3.59. The summed E-state index contributed by atoms with van der Waals surface area (Å²) in [5, 5.41) is 17.1. The van der Waals surface area contributed by atoms with Gasteiger partial charge in [-0.1, -0.05) is 18.2 Å². The van der Waals surface area contributed by atoms with E-state index in [1.54, 1.807) is 18.2 Å². The highest BCUT2D eigenvalue weighted by atomic mass is 32.2. The van der Waals surface area contributed by atoms with Gasteiger partial charge < -0.3 is 20.5 Å². The van der Waals surface area contributed by atoms with E-state index in [4.69, 9.17) is 4.74 Å². The van der Waals surface area contributed by atoms with Crippen LogP contribution in [0.1, 0.15) is 12.8 Å². The molecule has 1 aromatic carbocycles. The van der Waals surface area contributed by atoms with Crippen LogP contribution in [0.3, 0.4) is 0 Å². The van der Waals surface area contributed by atoms with Gasteiger partial charge in [-0.2, -0.15) is 0 Å². The summed E-state index contributed by atoms with van der Waals surface area (Å²) in [4.78, 5) is 0.210. The van der Waals surface area contributed by atoms with Crippen molar-refractivity contribution < 1.29 is 18.3 Å². The van der Waals surface area contributed by atoms with E-state index in [0.717, 1.165) is 25.9 Å². The topological polar surface area (TPSA) is 99.7 Å². The van der Waals surface area contributed by atoms with Gasteiger partial charge in [0.15, 0.2) is 0 Å². The highest BCUT2D eigenvalue weighted by Gasteiger charge is 2.37. The highest BCUT2D eigenvalue weighted by Crippen LogP contribution is 2.17. The second-order valence-corrected chi connectivity index (χ2v) is 8.09. The molecule has 0 amide bonds. The van der Waals surface area contributed by atoms with Gasteiger partial charge in [-0.3, -0.25) is 0 Å². The maximum absolute atomic E-state index is 12.2. The van der Waals surface area contributed by atoms with Crippen LogP contribution in [0.15, 0.2) is 35.2 Å². The lowest BCUT2D eigenvalue weighted by Crippen LogP contribution is -2.50. The number of aliphatic hydroxyl groups is 1. The molecule has 0 unspecified atom stereocenters. The third-order valence-corrected chi connectivity index (χ3v) is 6.04. The van der Waals surface area contributed by atoms with E-state index in [1.807, 2.05) is 0 Å². The molecule has 2 aliphatic rings. The van der Waals surface area contributed by atoms with E-state index in [-0.39, 0.29) is 17.5 Å². The minimum absolute atomic E-state index is 0.0583. The summed E-state index contributed by atoms with van der Waals surface area (Å²) in [5.41, 5.74) is 0. The van der Waals surface area contributed by atoms with Gasteiger partial charge in [-0.05, 0) is 38.1 Å². The van der Waals surface area contributed by atoms with Crippen molar-refractivity contribution in [3.8, 4) is 0 Å². The van der Waals surface area contributed by atoms with E-state index >= 15 is 0 Å². The van der Waals surface area contributed by atoms with Crippen LogP contribution in [-0.2, 0) is 14.8 Å². The second kappa shape index (κ2) is 7.90. The molecule has 0 aliphatic carbocycles. The van der Waals surface area contributed by atoms with Crippen LogP contribution in [0.2, 0.25) is 0 Å². The van der Waals surface area contributed by atoms with E-state index in [9.17, 15) is 13.5 Å². The van der Waals surface area contributed by atoms with Gasteiger partial charge in [-0.15, -0.1) is 0 Å². The number of hydrogen-bond acceptors (Lipinski definition) is 6. The predicted octanol–water partition coefficient (Wildman–Crippen LogP) is -0.565. The Morgan fingerprint density at radius 3 is 2.62 bits per heavy atom. The van der Waals surface area contributed by atoms with E-state index < -0.39 is 22.2 Å². The number of benzene rings is 1. The summed E-state index contributed by atoms with van der Waals surface area (Å²) in [5.74, 6) is 0. The van der Waals surface area contributed by atoms with Crippen molar-refractivity contribution in [1.82, 2.24) is 15.4 Å². The molecular weight excluding hydrogens is 330 g/mol. The summed E-state index contributed by atoms with van der Waals surface area (Å²) < 4.78 is 32.6. The van der Waals surface area contributed by atoms with E-state index in [1.165, 1.54) is 12.1 Å². The molecule has 2 saturated heterocycles. The van der Waals surface area contributed by atoms with Gasteiger partial charge in [0.1, 0.15) is 0 Å². The van der Waals surface area contributed by atoms with Crippen molar-refractivity contribution >= 4 is 10.0 Å². The summed E-state index contributed by atoms with van der Waals surface area (Å²) in [7, 11) is -3.59. The third kappa shape index (κ3) is 4.33. The SMILES string of the molecule is O=S(=O)(NC[C@H]1OC[C@@H](NC2CCNCC2)[C@@H]1O)c1ccccc1. The number of nitrogens with one attached hydrogen (secondary N) is 3. The molecule has 4 N–H and O–H groups in total. The van der Waals surface area contributed by atoms with Crippen LogP contribution in [-0.4, -0.2) is 64.1 Å². The Balaban J connectivity index is 1.51. The smallest absolute Gasteiger partial charge is 0.240 e. The van der Waals surface area contributed by atoms with Gasteiger partial charge in [0.2, 0.25) is 10.0 Å². The first-order valence-corrected chi connectivity index (χ1v) is 9.86. The van der Waals surface area contributed by atoms with Crippen molar-refractivity contribution in [3.63, 3.8) is 0 Å². The zero-order valence-corrected chi connectivity index (χ0v) is 14.3. The molecule has 0 saturated carbocycles. The zero-order valence-electron chi connectivity index (χ0n) is 13.5. The quantitative estimate of drug-likeness (QED) is 0.546. The lowest BCUT2D eigenvalue weighted by Gasteiger charge is -2.28. The molecule has 2 aliphatic heterocycles. The molecule has 3 atom stereocenters. The van der Waals surface area contributed by atoms with Crippen LogP contribution in [0.25, 0.3) is 0 Å². The summed E-state index contributed by atoms with van der Waals surface area (Å²) in [6.45, 7) is 2.40. The van der Waals surface area contributed by atoms with Crippen LogP contribution < -0.4 is 15.4 Å². The Morgan fingerprint density at radius 2 is 1.92 bits per heavy atom. The molecule has 0 spiro atoms. The van der Waals surface area contributed by atoms with Crippen molar-refractivity contribution in [2.45, 2.75) is 42.0 Å². The van der Waals surface area contributed by atoms with Crippen LogP contribution in [0, 0.1) is 0 Å². The molecule has 7 nitrogen and oxygen atoms in total. The molecule has 134 valence electrons. The second-order valence-electron chi connectivity index (χ2n) is 6.32. The summed E-state index contributed by atoms with van der Waals surface area (Å²) in [6, 6.07) is 8.41. The van der Waals surface area contributed by atoms with Crippen LogP contribution >= 0.6 is 0 Å². The Kier molecular flexibility index (Phi) is 5.85. The van der Waals surface area contributed by atoms with Crippen molar-refractivity contribution in [2.24, 2.45) is 0 Å². The Bertz CT molecular complexity index is 619. The largest absolute Gasteiger partial charge is 0.389 e. The fraction of sp³-hybridized carbons (Fsp3) is 0.625. The number of sulfonamides is 1. The van der Waals surface area contributed by atoms with E-state index in [2.05, 4.69) is 15.4 Å². The number of rotatable bonds is 6. The predicted molar refractivity (Wildman–Crippen MR) is 90.2 cm³/mol. The fourth-order valence-electron chi connectivity index (χ4n) is 3.18. The van der Waals surface area contributed by atoms with Gasteiger partial charge in [0.05, 0.1) is 29.8 Å². The average Bonchev–Trinajstić information content (AvgIpc) is 2.95. The first-order chi connectivity index (χ1) is 11.6. The van der Waals surface area contributed by atoms with Crippen molar-refractivity contribution in [3.05, 3.63) is 30.3 Å². The molecule has 8 heteroatoms. The monoisotopic (exact) mass is 355 g/mol. The summed E-state index contributed by atoms with van der Waals surface area (Å²) >= 11 is 0. The highest BCUT2D eigenvalue weighted by molar-refractivity contribution is 7.89. The first kappa shape index (κ1) is 17.8. The Labute approximate surface area is 142 Å². The number of piperidine rings is 1. The first-order valence-electron chi connectivity index (χ1n) is 8.37. The lowest BCUT2D eigenvalue weighted by atomic mass is 10.0. The maximum atomic E-state index is 12.2. The van der Waals surface area contributed by atoms with Crippen molar-refractivity contribution in [2.75, 3.05) is 26.2 Å². The molecule has 24 heavy (non-hydrogen) atoms. The normalized spacial score (nSPS) is 29.0. The summed E-state index contributed by atoms with van der Waals surface area (Å²) in [6.07, 6.45) is 0.782. The standard InChI is InChI=1S/C16H25N3O4S/c20-16-14(19-12-6-8-17-9-7-12)11-23-15(16)10-18-24(21,22)13-4-2-1-3-5-13/h1-5,12,14-20H,6-11H2/t14-,15-,16+/m1/s1. The maximum Gasteiger partial charge on any atom is 0.240 e. The third-order valence-electron chi connectivity index (χ3n) is 4.60. The van der Waals surface area contributed by atoms with Gasteiger partial charge in [-0.25, -0.2) is 13.1 Å². The molecule has 3 rings (SSSR count). The molecule has 1 aromatic rings. The van der Waals surface area contributed by atoms with Gasteiger partial charge in [0, 0.05) is 12.6 Å². The van der Waals surface area contributed by atoms with Gasteiger partial charge in [0.25, 0.3) is 0 Å². The number of hydrogen-bond donors (Lipinski definition) is 4. The van der Waals surface area contributed by atoms with Gasteiger partial charge >= 0.3 is 0 Å². The molecule has 0 aromatic heterocycles. The minimum Gasteiger partial charge on any atom is -0.389 e. The molecule has 0 radical (unpaired) electrons. The molecule has 2 fully saturated rings. The lowest BCUT2D eigenvalue weighted by molar-refractivity contribution is 0.0439. The van der Waals surface area contributed by atoms with E-state index in [0.29, 0.717) is 12.6 Å². The number of aliphatic hydroxyl groups excluding tert-OH is 1. The van der Waals surface area contributed by atoms with Crippen LogP contribution in [0.5, 0.6) is 0 Å². The van der Waals surface area contributed by atoms with Crippen LogP contribution in [0.4, 0.5) is 0 Å². The Morgan fingerprint density at radius 1 is 1.21 bits per heavy atom. The Hall–Kier alpha value is -1.03. The number of ether oxygens (including phenoxy) is 1. The van der Waals surface area contributed by atoms with Crippen molar-refractivity contribution in [1.29, 1.82) is 0 Å². The average molecular weight is 355 g/mol. The molecule has 0 bridgehead atoms. The molecular formula is C16H25N3O4S.